The van der Waals surface area contributed by atoms with E-state index in [9.17, 15) is 0 Å². The molecule has 0 N–H and O–H groups in total. The van der Waals surface area contributed by atoms with Crippen LogP contribution in [0.15, 0.2) is 60.0 Å². The summed E-state index contributed by atoms with van der Waals surface area (Å²) in [6.07, 6.45) is 1.12. The fraction of sp³-hybridized carbons (Fsp3) is 0.238. The number of hydrogen-bond donors (Lipinski definition) is 0. The molecule has 0 bridgehead atoms. The summed E-state index contributed by atoms with van der Waals surface area (Å²) in [6.45, 7) is 1.99. The Morgan fingerprint density at radius 3 is 2.50 bits per heavy atom. The summed E-state index contributed by atoms with van der Waals surface area (Å²) in [7, 11) is 1.70. The van der Waals surface area contributed by atoms with Gasteiger partial charge in [-0.2, -0.15) is 0 Å². The first-order chi connectivity index (χ1) is 12.2. The number of benzene rings is 2. The van der Waals surface area contributed by atoms with Crippen molar-refractivity contribution in [1.29, 1.82) is 0 Å². The molecule has 1 aliphatic heterocycles. The van der Waals surface area contributed by atoms with Gasteiger partial charge in [0, 0.05) is 23.0 Å². The van der Waals surface area contributed by atoms with Crippen molar-refractivity contribution in [3.05, 3.63) is 86.6 Å². The first-order valence-corrected chi connectivity index (χ1v) is 9.69. The molecule has 26 heavy (non-hydrogen) atoms. The lowest BCUT2D eigenvalue weighted by Crippen LogP contribution is -2.34. The van der Waals surface area contributed by atoms with Crippen molar-refractivity contribution in [3.63, 3.8) is 0 Å². The fourth-order valence-electron chi connectivity index (χ4n) is 3.54. The van der Waals surface area contributed by atoms with Crippen LogP contribution in [0.3, 0.4) is 0 Å². The molecule has 1 unspecified atom stereocenters. The Hall–Kier alpha value is -1.52. The van der Waals surface area contributed by atoms with E-state index in [2.05, 4.69) is 40.6 Å². The van der Waals surface area contributed by atoms with E-state index < -0.39 is 0 Å². The van der Waals surface area contributed by atoms with Gasteiger partial charge in [0.25, 0.3) is 0 Å². The van der Waals surface area contributed by atoms with E-state index in [-0.39, 0.29) is 18.4 Å². The van der Waals surface area contributed by atoms with Gasteiger partial charge in [-0.05, 0) is 58.8 Å². The van der Waals surface area contributed by atoms with Crippen LogP contribution in [0.5, 0.6) is 5.75 Å². The van der Waals surface area contributed by atoms with E-state index in [1.165, 1.54) is 21.6 Å². The predicted octanol–water partition coefficient (Wildman–Crippen LogP) is 5.98. The second kappa shape index (κ2) is 8.45. The molecule has 0 amide bonds. The molecule has 2 nitrogen and oxygen atoms in total. The number of thiophene rings is 1. The lowest BCUT2D eigenvalue weighted by Gasteiger charge is -2.36. The third kappa shape index (κ3) is 3.91. The molecule has 0 saturated heterocycles. The topological polar surface area (TPSA) is 12.5 Å². The van der Waals surface area contributed by atoms with Gasteiger partial charge in [-0.3, -0.25) is 4.90 Å². The number of methoxy groups -OCH3 is 1. The highest BCUT2D eigenvalue weighted by Crippen LogP contribution is 2.38. The summed E-state index contributed by atoms with van der Waals surface area (Å²) in [6, 6.07) is 19.2. The molecule has 3 aromatic rings. The van der Waals surface area contributed by atoms with Crippen molar-refractivity contribution in [3.8, 4) is 5.75 Å². The molecular weight excluding hydrogens is 385 g/mol. The summed E-state index contributed by atoms with van der Waals surface area (Å²) >= 11 is 7.97. The Balaban J connectivity index is 0.00000196. The summed E-state index contributed by atoms with van der Waals surface area (Å²) in [5, 5.41) is 3.00. The van der Waals surface area contributed by atoms with Gasteiger partial charge in [0.05, 0.1) is 13.2 Å². The monoisotopic (exact) mass is 405 g/mol. The lowest BCUT2D eigenvalue weighted by molar-refractivity contribution is 0.206. The maximum absolute atomic E-state index is 6.10. The SMILES string of the molecule is COc1ccc(CN2CCc3sccc3C2c2ccc(Cl)cc2)cc1.Cl. The number of nitrogens with zero attached hydrogens (tertiary/aromatic N) is 1. The summed E-state index contributed by atoms with van der Waals surface area (Å²) < 4.78 is 5.27. The van der Waals surface area contributed by atoms with Gasteiger partial charge in [0.15, 0.2) is 0 Å². The van der Waals surface area contributed by atoms with Crippen molar-refractivity contribution in [1.82, 2.24) is 4.90 Å². The van der Waals surface area contributed by atoms with E-state index in [1.807, 2.05) is 35.6 Å². The van der Waals surface area contributed by atoms with Crippen LogP contribution in [0.25, 0.3) is 0 Å². The number of ether oxygens (including phenoxy) is 1. The normalized spacial score (nSPS) is 16.6. The smallest absolute Gasteiger partial charge is 0.118 e. The Labute approximate surface area is 169 Å². The second-order valence-electron chi connectivity index (χ2n) is 6.32. The summed E-state index contributed by atoms with van der Waals surface area (Å²) in [4.78, 5) is 4.06. The largest absolute Gasteiger partial charge is 0.497 e. The minimum absolute atomic E-state index is 0. The molecule has 5 heteroatoms. The standard InChI is InChI=1S/C21H20ClNOS.ClH/c1-24-18-8-2-15(3-9-18)14-23-12-10-20-19(11-13-25-20)21(23)16-4-6-17(22)7-5-16;/h2-9,11,13,21H,10,12,14H2,1H3;1H. The van der Waals surface area contributed by atoms with Crippen LogP contribution in [-0.4, -0.2) is 18.6 Å². The van der Waals surface area contributed by atoms with E-state index in [0.29, 0.717) is 0 Å². The molecule has 1 aromatic heterocycles. The maximum atomic E-state index is 6.10. The zero-order valence-corrected chi connectivity index (χ0v) is 16.9. The minimum Gasteiger partial charge on any atom is -0.497 e. The second-order valence-corrected chi connectivity index (χ2v) is 7.76. The Kier molecular flexibility index (Phi) is 6.25. The third-order valence-corrected chi connectivity index (χ3v) is 6.04. The van der Waals surface area contributed by atoms with Crippen LogP contribution in [0.4, 0.5) is 0 Å². The van der Waals surface area contributed by atoms with Gasteiger partial charge in [-0.1, -0.05) is 35.9 Å². The van der Waals surface area contributed by atoms with Crippen LogP contribution in [0, 0.1) is 0 Å². The molecule has 2 heterocycles. The van der Waals surface area contributed by atoms with Crippen LogP contribution in [-0.2, 0) is 13.0 Å². The molecule has 0 radical (unpaired) electrons. The van der Waals surface area contributed by atoms with Crippen molar-refractivity contribution >= 4 is 35.3 Å². The molecule has 0 fully saturated rings. The van der Waals surface area contributed by atoms with Gasteiger partial charge in [-0.25, -0.2) is 0 Å². The maximum Gasteiger partial charge on any atom is 0.118 e. The molecule has 0 saturated carbocycles. The molecule has 2 aromatic carbocycles. The molecule has 1 aliphatic rings. The van der Waals surface area contributed by atoms with Crippen LogP contribution < -0.4 is 4.74 Å². The van der Waals surface area contributed by atoms with E-state index >= 15 is 0 Å². The number of fused-ring (bicyclic) bond motifs is 1. The average Bonchev–Trinajstić information content (AvgIpc) is 3.12. The zero-order valence-electron chi connectivity index (χ0n) is 14.5. The van der Waals surface area contributed by atoms with Gasteiger partial charge in [0.1, 0.15) is 5.75 Å². The molecular formula is C21H21Cl2NOS. The summed E-state index contributed by atoms with van der Waals surface area (Å²) in [5.41, 5.74) is 4.04. The Morgan fingerprint density at radius 2 is 1.81 bits per heavy atom. The van der Waals surface area contributed by atoms with Gasteiger partial charge in [-0.15, -0.1) is 23.7 Å². The van der Waals surface area contributed by atoms with Crippen LogP contribution in [0.2, 0.25) is 5.02 Å². The van der Waals surface area contributed by atoms with Crippen molar-refractivity contribution in [2.45, 2.75) is 19.0 Å². The van der Waals surface area contributed by atoms with E-state index in [1.54, 1.807) is 7.11 Å². The zero-order chi connectivity index (χ0) is 17.2. The summed E-state index contributed by atoms with van der Waals surface area (Å²) in [5.74, 6) is 0.900. The molecule has 4 rings (SSSR count). The third-order valence-electron chi connectivity index (χ3n) is 4.80. The number of rotatable bonds is 4. The molecule has 0 aliphatic carbocycles. The highest BCUT2D eigenvalue weighted by atomic mass is 35.5. The van der Waals surface area contributed by atoms with Crippen LogP contribution >= 0.6 is 35.3 Å². The first kappa shape index (κ1) is 19.2. The number of hydrogen-bond acceptors (Lipinski definition) is 3. The highest BCUT2D eigenvalue weighted by Gasteiger charge is 2.29. The Morgan fingerprint density at radius 1 is 1.08 bits per heavy atom. The molecule has 136 valence electrons. The quantitative estimate of drug-likeness (QED) is 0.529. The van der Waals surface area contributed by atoms with Gasteiger partial charge >= 0.3 is 0 Å². The average molecular weight is 406 g/mol. The van der Waals surface area contributed by atoms with Gasteiger partial charge < -0.3 is 4.74 Å². The number of halogens is 2. The van der Waals surface area contributed by atoms with Crippen molar-refractivity contribution in [2.75, 3.05) is 13.7 Å². The molecule has 0 spiro atoms. The fourth-order valence-corrected chi connectivity index (χ4v) is 4.57. The predicted molar refractivity (Wildman–Crippen MR) is 112 cm³/mol. The highest BCUT2D eigenvalue weighted by molar-refractivity contribution is 7.10. The van der Waals surface area contributed by atoms with Crippen molar-refractivity contribution in [2.24, 2.45) is 0 Å². The van der Waals surface area contributed by atoms with Crippen LogP contribution in [0.1, 0.15) is 27.6 Å². The first-order valence-electron chi connectivity index (χ1n) is 8.43. The molecule has 1 atom stereocenters. The Bertz CT molecular complexity index is 845. The lowest BCUT2D eigenvalue weighted by atomic mass is 9.93. The van der Waals surface area contributed by atoms with E-state index in [4.69, 9.17) is 16.3 Å². The van der Waals surface area contributed by atoms with Crippen molar-refractivity contribution < 1.29 is 4.74 Å². The minimum atomic E-state index is 0. The van der Waals surface area contributed by atoms with E-state index in [0.717, 1.165) is 30.3 Å². The van der Waals surface area contributed by atoms with Gasteiger partial charge in [0.2, 0.25) is 0 Å².